The number of hydrogen-bond donors (Lipinski definition) is 2. The molecule has 0 fully saturated rings. The van der Waals surface area contributed by atoms with Crippen LogP contribution in [-0.2, 0) is 14.3 Å². The molecule has 9 heteroatoms. The molecule has 2 N–H and O–H groups in total. The highest BCUT2D eigenvalue weighted by atomic mass is 16.5. The maximum absolute atomic E-state index is 12.2. The van der Waals surface area contributed by atoms with E-state index in [9.17, 15) is 19.2 Å². The number of carbonyl (C=O) groups excluding carboxylic acids is 3. The molecule has 9 nitrogen and oxygen atoms in total. The van der Waals surface area contributed by atoms with Gasteiger partial charge in [0.25, 0.3) is 11.5 Å². The van der Waals surface area contributed by atoms with E-state index in [4.69, 9.17) is 4.74 Å². The van der Waals surface area contributed by atoms with Crippen molar-refractivity contribution in [3.05, 3.63) is 40.3 Å². The lowest BCUT2D eigenvalue weighted by molar-refractivity contribution is -0.137. The zero-order valence-corrected chi connectivity index (χ0v) is 14.6. The number of rotatable bonds is 7. The lowest BCUT2D eigenvalue weighted by Gasteiger charge is -2.16. The molecule has 1 aromatic carbocycles. The molecule has 0 bridgehead atoms. The lowest BCUT2D eigenvalue weighted by Crippen LogP contribution is -2.40. The van der Waals surface area contributed by atoms with Crippen LogP contribution in [0.15, 0.2) is 29.1 Å². The Kier molecular flexibility index (Phi) is 6.42. The SMILES string of the molecule is CCCNC(=O)CN(C)C(=O)COC(=O)c1n[nH]c(=O)c2ccccc12. The van der Waals surface area contributed by atoms with Crippen LogP contribution in [0.5, 0.6) is 0 Å². The smallest absolute Gasteiger partial charge is 0.359 e. The number of esters is 1. The maximum atomic E-state index is 12.2. The topological polar surface area (TPSA) is 121 Å². The summed E-state index contributed by atoms with van der Waals surface area (Å²) in [5.74, 6) is -1.66. The summed E-state index contributed by atoms with van der Waals surface area (Å²) in [7, 11) is 1.44. The molecule has 0 saturated carbocycles. The Bertz CT molecular complexity index is 877. The van der Waals surface area contributed by atoms with Gasteiger partial charge in [-0.2, -0.15) is 5.10 Å². The highest BCUT2D eigenvalue weighted by Crippen LogP contribution is 2.13. The molecule has 2 rings (SSSR count). The van der Waals surface area contributed by atoms with Crippen LogP contribution in [0.3, 0.4) is 0 Å². The van der Waals surface area contributed by atoms with E-state index in [1.54, 1.807) is 24.3 Å². The number of fused-ring (bicyclic) bond motifs is 1. The summed E-state index contributed by atoms with van der Waals surface area (Å²) in [6, 6.07) is 6.45. The number of aromatic nitrogens is 2. The average molecular weight is 360 g/mol. The van der Waals surface area contributed by atoms with Crippen LogP contribution < -0.4 is 10.9 Å². The first-order valence-corrected chi connectivity index (χ1v) is 8.09. The van der Waals surface area contributed by atoms with Crippen molar-refractivity contribution in [1.82, 2.24) is 20.4 Å². The molecule has 0 aliphatic heterocycles. The summed E-state index contributed by atoms with van der Waals surface area (Å²) >= 11 is 0. The van der Waals surface area contributed by atoms with E-state index >= 15 is 0 Å². The number of amides is 2. The number of hydrogen-bond acceptors (Lipinski definition) is 6. The van der Waals surface area contributed by atoms with Gasteiger partial charge in [0.05, 0.1) is 11.9 Å². The Morgan fingerprint density at radius 1 is 1.23 bits per heavy atom. The monoisotopic (exact) mass is 360 g/mol. The van der Waals surface area contributed by atoms with Crippen LogP contribution in [0.4, 0.5) is 0 Å². The van der Waals surface area contributed by atoms with Crippen molar-refractivity contribution in [3.8, 4) is 0 Å². The molecule has 0 atom stereocenters. The highest BCUT2D eigenvalue weighted by Gasteiger charge is 2.19. The van der Waals surface area contributed by atoms with Gasteiger partial charge in [-0.25, -0.2) is 9.89 Å². The van der Waals surface area contributed by atoms with Gasteiger partial charge in [0.2, 0.25) is 5.91 Å². The third-order valence-corrected chi connectivity index (χ3v) is 3.59. The minimum Gasteiger partial charge on any atom is -0.451 e. The van der Waals surface area contributed by atoms with E-state index in [-0.39, 0.29) is 18.1 Å². The fourth-order valence-corrected chi connectivity index (χ4v) is 2.20. The lowest BCUT2D eigenvalue weighted by atomic mass is 10.1. The standard InChI is InChI=1S/C17H20N4O5/c1-3-8-18-13(22)9-21(2)14(23)10-26-17(25)15-11-6-4-5-7-12(11)16(24)20-19-15/h4-7H,3,8-10H2,1-2H3,(H,18,22)(H,20,24). The summed E-state index contributed by atoms with van der Waals surface area (Å²) in [6.07, 6.45) is 0.793. The molecule has 2 aromatic rings. The zero-order chi connectivity index (χ0) is 19.1. The van der Waals surface area contributed by atoms with E-state index in [1.165, 1.54) is 7.05 Å². The van der Waals surface area contributed by atoms with E-state index in [0.29, 0.717) is 17.3 Å². The fraction of sp³-hybridized carbons (Fsp3) is 0.353. The van der Waals surface area contributed by atoms with Crippen LogP contribution >= 0.6 is 0 Å². The zero-order valence-electron chi connectivity index (χ0n) is 14.6. The number of benzene rings is 1. The first-order valence-electron chi connectivity index (χ1n) is 8.09. The van der Waals surface area contributed by atoms with Crippen LogP contribution in [-0.4, -0.2) is 59.6 Å². The summed E-state index contributed by atoms with van der Waals surface area (Å²) in [4.78, 5) is 48.7. The van der Waals surface area contributed by atoms with Crippen molar-refractivity contribution in [1.29, 1.82) is 0 Å². The van der Waals surface area contributed by atoms with Crippen molar-refractivity contribution in [3.63, 3.8) is 0 Å². The van der Waals surface area contributed by atoms with Crippen molar-refractivity contribution >= 4 is 28.6 Å². The van der Waals surface area contributed by atoms with Crippen LogP contribution in [0, 0.1) is 0 Å². The van der Waals surface area contributed by atoms with Gasteiger partial charge in [-0.05, 0) is 12.5 Å². The quantitative estimate of drug-likeness (QED) is 0.674. The first-order chi connectivity index (χ1) is 12.4. The molecule has 0 radical (unpaired) electrons. The third-order valence-electron chi connectivity index (χ3n) is 3.59. The van der Waals surface area contributed by atoms with Gasteiger partial charge >= 0.3 is 5.97 Å². The second-order valence-corrected chi connectivity index (χ2v) is 5.62. The Morgan fingerprint density at radius 2 is 1.92 bits per heavy atom. The van der Waals surface area contributed by atoms with E-state index < -0.39 is 24.0 Å². The predicted molar refractivity (Wildman–Crippen MR) is 93.6 cm³/mol. The molecule has 0 spiro atoms. The van der Waals surface area contributed by atoms with Crippen molar-refractivity contribution in [2.45, 2.75) is 13.3 Å². The van der Waals surface area contributed by atoms with Crippen LogP contribution in [0.25, 0.3) is 10.8 Å². The number of carbonyl (C=O) groups is 3. The largest absolute Gasteiger partial charge is 0.451 e. The second kappa shape index (κ2) is 8.75. The second-order valence-electron chi connectivity index (χ2n) is 5.62. The maximum Gasteiger partial charge on any atom is 0.359 e. The van der Waals surface area contributed by atoms with Gasteiger partial charge in [-0.3, -0.25) is 14.4 Å². The number of ether oxygens (including phenoxy) is 1. The van der Waals surface area contributed by atoms with Gasteiger partial charge in [0.1, 0.15) is 0 Å². The summed E-state index contributed by atoms with van der Waals surface area (Å²) in [5.41, 5.74) is -0.512. The molecular weight excluding hydrogens is 340 g/mol. The predicted octanol–water partition coefficient (Wildman–Crippen LogP) is 0.0645. The summed E-state index contributed by atoms with van der Waals surface area (Å²) in [5, 5.41) is 9.22. The van der Waals surface area contributed by atoms with Crippen molar-refractivity contribution < 1.29 is 19.1 Å². The average Bonchev–Trinajstić information content (AvgIpc) is 2.64. The van der Waals surface area contributed by atoms with Crippen LogP contribution in [0.2, 0.25) is 0 Å². The highest BCUT2D eigenvalue weighted by molar-refractivity contribution is 6.02. The number of aromatic amines is 1. The summed E-state index contributed by atoms with van der Waals surface area (Å²) < 4.78 is 4.98. The van der Waals surface area contributed by atoms with Crippen molar-refractivity contribution in [2.75, 3.05) is 26.7 Å². The number of H-pyrrole nitrogens is 1. The Morgan fingerprint density at radius 3 is 2.62 bits per heavy atom. The first kappa shape index (κ1) is 19.1. The van der Waals surface area contributed by atoms with Gasteiger partial charge in [-0.15, -0.1) is 0 Å². The molecule has 1 heterocycles. The fourth-order valence-electron chi connectivity index (χ4n) is 2.20. The van der Waals surface area contributed by atoms with Gasteiger partial charge in [-0.1, -0.05) is 25.1 Å². The minimum atomic E-state index is -0.838. The van der Waals surface area contributed by atoms with Gasteiger partial charge in [0, 0.05) is 19.0 Å². The Balaban J connectivity index is 1.98. The molecule has 0 aliphatic carbocycles. The molecule has 2 amide bonds. The minimum absolute atomic E-state index is 0.0867. The molecule has 0 aliphatic rings. The third kappa shape index (κ3) is 4.65. The molecule has 1 aromatic heterocycles. The Labute approximate surface area is 149 Å². The van der Waals surface area contributed by atoms with Gasteiger partial charge < -0.3 is 15.0 Å². The van der Waals surface area contributed by atoms with E-state index in [1.807, 2.05) is 6.92 Å². The van der Waals surface area contributed by atoms with Crippen molar-refractivity contribution in [2.24, 2.45) is 0 Å². The number of nitrogens with zero attached hydrogens (tertiary/aromatic N) is 2. The molecule has 26 heavy (non-hydrogen) atoms. The number of nitrogens with one attached hydrogen (secondary N) is 2. The molecule has 0 saturated heterocycles. The molecule has 0 unspecified atom stereocenters. The van der Waals surface area contributed by atoms with Crippen LogP contribution in [0.1, 0.15) is 23.8 Å². The summed E-state index contributed by atoms with van der Waals surface area (Å²) in [6.45, 7) is 1.78. The molecular formula is C17H20N4O5. The normalized spacial score (nSPS) is 10.4. The van der Waals surface area contributed by atoms with E-state index in [0.717, 1.165) is 11.3 Å². The van der Waals surface area contributed by atoms with E-state index in [2.05, 4.69) is 15.5 Å². The Hall–Kier alpha value is -3.23. The van der Waals surface area contributed by atoms with Gasteiger partial charge in [0.15, 0.2) is 12.3 Å². The number of likely N-dealkylation sites (N-methyl/N-ethyl adjacent to an activating group) is 1. The molecule has 138 valence electrons.